The Morgan fingerprint density at radius 2 is 1.82 bits per heavy atom. The molecule has 0 radical (unpaired) electrons. The summed E-state index contributed by atoms with van der Waals surface area (Å²) in [6.07, 6.45) is 0. The van der Waals surface area contributed by atoms with Crippen molar-refractivity contribution in [1.29, 1.82) is 0 Å². The average molecular weight is 382 g/mol. The monoisotopic (exact) mass is 382 g/mol. The maximum atomic E-state index is 12.2. The van der Waals surface area contributed by atoms with Gasteiger partial charge in [0, 0.05) is 5.69 Å². The highest BCUT2D eigenvalue weighted by Crippen LogP contribution is 2.23. The minimum Gasteiger partial charge on any atom is -0.465 e. The second-order valence-corrected chi connectivity index (χ2v) is 7.31. The van der Waals surface area contributed by atoms with Crippen molar-refractivity contribution < 1.29 is 19.2 Å². The molecule has 0 atom stereocenters. The first kappa shape index (κ1) is 19.3. The van der Waals surface area contributed by atoms with Crippen LogP contribution in [0.5, 0.6) is 0 Å². The quantitative estimate of drug-likeness (QED) is 0.682. The van der Waals surface area contributed by atoms with Gasteiger partial charge in [-0.2, -0.15) is 0 Å². The Kier molecular flexibility index (Phi) is 5.30. The van der Waals surface area contributed by atoms with Crippen molar-refractivity contribution in [2.45, 2.75) is 26.2 Å². The summed E-state index contributed by atoms with van der Waals surface area (Å²) in [5, 5.41) is 10.6. The fourth-order valence-electron chi connectivity index (χ4n) is 2.61. The third-order valence-corrected chi connectivity index (χ3v) is 4.19. The fourth-order valence-corrected chi connectivity index (χ4v) is 2.61. The van der Waals surface area contributed by atoms with Crippen LogP contribution in [0.4, 0.5) is 5.69 Å². The third-order valence-electron chi connectivity index (χ3n) is 4.19. The molecule has 1 amide bonds. The number of hydrogen-bond acceptors (Lipinski definition) is 6. The Balaban J connectivity index is 1.65. The number of anilines is 1. The van der Waals surface area contributed by atoms with Crippen molar-refractivity contribution in [3.8, 4) is 0 Å². The molecule has 0 aliphatic rings. The van der Waals surface area contributed by atoms with E-state index in [9.17, 15) is 9.59 Å². The van der Waals surface area contributed by atoms with E-state index in [0.29, 0.717) is 22.3 Å². The Morgan fingerprint density at radius 1 is 1.11 bits per heavy atom. The summed E-state index contributed by atoms with van der Waals surface area (Å²) in [7, 11) is 1.30. The summed E-state index contributed by atoms with van der Waals surface area (Å²) in [5.41, 5.74) is 3.24. The number of nitrogens with one attached hydrogen (secondary N) is 1. The Hall–Kier alpha value is -3.42. The lowest BCUT2D eigenvalue weighted by molar-refractivity contribution is -0.121. The lowest BCUT2D eigenvalue weighted by atomic mass is 9.87. The van der Waals surface area contributed by atoms with Crippen LogP contribution in [0.25, 0.3) is 11.0 Å². The number of amides is 1. The number of hydrogen-bond donors (Lipinski definition) is 1. The number of aromatic nitrogens is 3. The molecule has 0 aliphatic carbocycles. The largest absolute Gasteiger partial charge is 0.465 e. The normalized spacial score (nSPS) is 11.3. The maximum Gasteiger partial charge on any atom is 0.337 e. The minimum atomic E-state index is -0.480. The first-order chi connectivity index (χ1) is 13.3. The molecule has 1 aromatic heterocycles. The Morgan fingerprint density at radius 3 is 2.46 bits per heavy atom. The topological polar surface area (TPSA) is 95.3 Å². The summed E-state index contributed by atoms with van der Waals surface area (Å²) in [5.74, 6) is -0.817. The average Bonchev–Trinajstić information content (AvgIpc) is 3.07. The number of benzene rings is 2. The van der Waals surface area contributed by atoms with E-state index in [1.807, 2.05) is 24.3 Å². The molecule has 146 valence electrons. The molecular formula is C20H22N4O4. The van der Waals surface area contributed by atoms with Crippen molar-refractivity contribution in [3.63, 3.8) is 0 Å². The number of fused-ring (bicyclic) bond motifs is 1. The van der Waals surface area contributed by atoms with Gasteiger partial charge in [-0.3, -0.25) is 4.79 Å². The first-order valence-corrected chi connectivity index (χ1v) is 8.75. The van der Waals surface area contributed by atoms with E-state index in [1.54, 1.807) is 18.2 Å². The zero-order valence-electron chi connectivity index (χ0n) is 16.2. The summed E-state index contributed by atoms with van der Waals surface area (Å²) in [6.45, 7) is 6.12. The number of esters is 1. The van der Waals surface area contributed by atoms with Gasteiger partial charge in [0.05, 0.1) is 12.7 Å². The number of carbonyl (C=O) groups is 2. The molecule has 8 nitrogen and oxygen atoms in total. The van der Waals surface area contributed by atoms with Gasteiger partial charge in [-0.25, -0.2) is 4.79 Å². The predicted octanol–water partition coefficient (Wildman–Crippen LogP) is 2.58. The number of methoxy groups -OCH3 is 1. The van der Waals surface area contributed by atoms with Crippen LogP contribution in [0.1, 0.15) is 36.7 Å². The molecule has 28 heavy (non-hydrogen) atoms. The van der Waals surface area contributed by atoms with Crippen LogP contribution in [0, 0.1) is 0 Å². The minimum absolute atomic E-state index is 0.0445. The van der Waals surface area contributed by atoms with Gasteiger partial charge in [-0.1, -0.05) is 37.7 Å². The SMILES string of the molecule is COC(=O)c1ccc2nnn(OCC(=O)Nc3ccc(C(C)(C)C)cc3)c2c1. The maximum absolute atomic E-state index is 12.2. The number of rotatable bonds is 5. The van der Waals surface area contributed by atoms with Crippen molar-refractivity contribution in [2.24, 2.45) is 0 Å². The second kappa shape index (κ2) is 7.67. The Labute approximate surface area is 162 Å². The molecule has 0 fully saturated rings. The van der Waals surface area contributed by atoms with Gasteiger partial charge >= 0.3 is 5.97 Å². The smallest absolute Gasteiger partial charge is 0.337 e. The van der Waals surface area contributed by atoms with Gasteiger partial charge in [0.1, 0.15) is 11.0 Å². The molecule has 0 bridgehead atoms. The van der Waals surface area contributed by atoms with Crippen molar-refractivity contribution in [3.05, 3.63) is 53.6 Å². The van der Waals surface area contributed by atoms with Crippen LogP contribution in [0.2, 0.25) is 0 Å². The highest BCUT2D eigenvalue weighted by Gasteiger charge is 2.14. The van der Waals surface area contributed by atoms with Crippen LogP contribution >= 0.6 is 0 Å². The molecule has 3 rings (SSSR count). The van der Waals surface area contributed by atoms with Crippen molar-refractivity contribution in [1.82, 2.24) is 15.2 Å². The lowest BCUT2D eigenvalue weighted by Crippen LogP contribution is -2.26. The van der Waals surface area contributed by atoms with Crippen LogP contribution < -0.4 is 10.2 Å². The molecule has 0 saturated carbocycles. The lowest BCUT2D eigenvalue weighted by Gasteiger charge is -2.19. The van der Waals surface area contributed by atoms with Crippen LogP contribution in [-0.2, 0) is 14.9 Å². The van der Waals surface area contributed by atoms with Crippen LogP contribution in [-0.4, -0.2) is 40.8 Å². The molecular weight excluding hydrogens is 360 g/mol. The van der Waals surface area contributed by atoms with Crippen molar-refractivity contribution in [2.75, 3.05) is 19.0 Å². The second-order valence-electron chi connectivity index (χ2n) is 7.31. The molecule has 0 aliphatic heterocycles. The highest BCUT2D eigenvalue weighted by atomic mass is 16.7. The van der Waals surface area contributed by atoms with E-state index in [0.717, 1.165) is 4.85 Å². The van der Waals surface area contributed by atoms with Gasteiger partial charge < -0.3 is 14.9 Å². The van der Waals surface area contributed by atoms with E-state index in [2.05, 4.69) is 36.4 Å². The number of carbonyl (C=O) groups excluding carboxylic acids is 2. The predicted molar refractivity (Wildman–Crippen MR) is 104 cm³/mol. The molecule has 8 heteroatoms. The van der Waals surface area contributed by atoms with Gasteiger partial charge in [-0.05, 0) is 46.5 Å². The number of nitrogens with zero attached hydrogens (tertiary/aromatic N) is 3. The van der Waals surface area contributed by atoms with Crippen molar-refractivity contribution >= 4 is 28.6 Å². The van der Waals surface area contributed by atoms with E-state index < -0.39 is 5.97 Å². The molecule has 1 heterocycles. The van der Waals surface area contributed by atoms with Gasteiger partial charge in [0.25, 0.3) is 5.91 Å². The van der Waals surface area contributed by atoms with Gasteiger partial charge in [0.2, 0.25) is 0 Å². The van der Waals surface area contributed by atoms with Crippen LogP contribution in [0.15, 0.2) is 42.5 Å². The summed E-state index contributed by atoms with van der Waals surface area (Å²) >= 11 is 0. The highest BCUT2D eigenvalue weighted by molar-refractivity contribution is 5.93. The first-order valence-electron chi connectivity index (χ1n) is 8.75. The molecule has 1 N–H and O–H groups in total. The van der Waals surface area contributed by atoms with Crippen LogP contribution in [0.3, 0.4) is 0 Å². The molecule has 2 aromatic carbocycles. The molecule has 3 aromatic rings. The van der Waals surface area contributed by atoms with Gasteiger partial charge in [0.15, 0.2) is 6.61 Å². The van der Waals surface area contributed by atoms with E-state index in [1.165, 1.54) is 12.7 Å². The molecule has 0 saturated heterocycles. The summed E-state index contributed by atoms with van der Waals surface area (Å²) in [4.78, 5) is 30.4. The molecule has 0 spiro atoms. The zero-order valence-corrected chi connectivity index (χ0v) is 16.2. The van der Waals surface area contributed by atoms with E-state index in [-0.39, 0.29) is 17.9 Å². The summed E-state index contributed by atoms with van der Waals surface area (Å²) in [6, 6.07) is 12.4. The van der Waals surface area contributed by atoms with E-state index in [4.69, 9.17) is 9.57 Å². The third kappa shape index (κ3) is 4.28. The van der Waals surface area contributed by atoms with Gasteiger partial charge in [-0.15, -0.1) is 5.10 Å². The van der Waals surface area contributed by atoms with E-state index >= 15 is 0 Å². The standard InChI is InChI=1S/C20H22N4O4/c1-20(2,3)14-6-8-15(9-7-14)21-18(25)12-28-24-17-11-13(19(26)27-4)5-10-16(17)22-23-24/h5-11H,12H2,1-4H3,(H,21,25). The Bertz CT molecular complexity index is 1000. The fraction of sp³-hybridized carbons (Fsp3) is 0.300. The molecule has 0 unspecified atom stereocenters. The zero-order chi connectivity index (χ0) is 20.3. The number of ether oxygens (including phenoxy) is 1. The summed E-state index contributed by atoms with van der Waals surface area (Å²) < 4.78 is 4.70.